The lowest BCUT2D eigenvalue weighted by atomic mass is 9.75. The van der Waals surface area contributed by atoms with Gasteiger partial charge >= 0.3 is 0 Å². The lowest BCUT2D eigenvalue weighted by Gasteiger charge is -2.48. The Bertz CT molecular complexity index is 508. The Hall–Kier alpha value is -0.120. The predicted octanol–water partition coefficient (Wildman–Crippen LogP) is 3.83. The van der Waals surface area contributed by atoms with Crippen LogP contribution in [-0.2, 0) is 0 Å². The summed E-state index contributed by atoms with van der Waals surface area (Å²) in [6.07, 6.45) is 7.22. The van der Waals surface area contributed by atoms with Crippen molar-refractivity contribution in [2.45, 2.75) is 97.3 Å². The Kier molecular flexibility index (Phi) is 4.34. The Morgan fingerprint density at radius 1 is 0.960 bits per heavy atom. The van der Waals surface area contributed by atoms with Crippen LogP contribution in [0, 0.1) is 10.8 Å². The number of hydrogen-bond donors (Lipinski definition) is 0. The van der Waals surface area contributed by atoms with E-state index in [2.05, 4.69) is 56.2 Å². The fraction of sp³-hybridized carbons (Fsp3) is 1.00. The molecule has 0 amide bonds. The molecule has 0 aromatic heterocycles. The van der Waals surface area contributed by atoms with Gasteiger partial charge < -0.3 is 0 Å². The van der Waals surface area contributed by atoms with E-state index in [4.69, 9.17) is 0 Å². The zero-order valence-electron chi connectivity index (χ0n) is 17.6. The van der Waals surface area contributed by atoms with Crippen LogP contribution in [-0.4, -0.2) is 71.1 Å². The van der Waals surface area contributed by atoms with Crippen LogP contribution in [0.5, 0.6) is 0 Å². The number of likely N-dealkylation sites (N-methyl/N-ethyl adjacent to an activating group) is 1. The molecule has 0 aromatic rings. The molecule has 1 saturated carbocycles. The van der Waals surface area contributed by atoms with Gasteiger partial charge in [-0.1, -0.05) is 27.7 Å². The van der Waals surface area contributed by atoms with Crippen LogP contribution in [0.2, 0.25) is 0 Å². The monoisotopic (exact) mass is 347 g/mol. The fourth-order valence-electron chi connectivity index (χ4n) is 7.10. The van der Waals surface area contributed by atoms with Gasteiger partial charge in [0.25, 0.3) is 0 Å². The van der Waals surface area contributed by atoms with E-state index in [1.807, 2.05) is 0 Å². The SMILES string of the molecule is CCN1CC2CC1CN2C(C)(C)CC12CCC(C1)N(CC(C)(C)C)C2. The summed E-state index contributed by atoms with van der Waals surface area (Å²) in [5.74, 6) is 0. The van der Waals surface area contributed by atoms with Crippen molar-refractivity contribution >= 4 is 0 Å². The van der Waals surface area contributed by atoms with Gasteiger partial charge in [0.1, 0.15) is 0 Å². The first-order chi connectivity index (χ1) is 11.6. The molecule has 4 unspecified atom stereocenters. The summed E-state index contributed by atoms with van der Waals surface area (Å²) in [7, 11) is 0. The first kappa shape index (κ1) is 18.3. The zero-order chi connectivity index (χ0) is 18.0. The van der Waals surface area contributed by atoms with Gasteiger partial charge in [-0.3, -0.25) is 14.7 Å². The summed E-state index contributed by atoms with van der Waals surface area (Å²) in [5, 5.41) is 0. The van der Waals surface area contributed by atoms with Crippen LogP contribution in [0.15, 0.2) is 0 Å². The number of fused-ring (bicyclic) bond motifs is 4. The first-order valence-electron chi connectivity index (χ1n) is 10.9. The van der Waals surface area contributed by atoms with Crippen molar-refractivity contribution in [2.75, 3.05) is 32.7 Å². The minimum atomic E-state index is 0.367. The van der Waals surface area contributed by atoms with Crippen molar-refractivity contribution in [1.29, 1.82) is 0 Å². The minimum Gasteiger partial charge on any atom is -0.299 e. The van der Waals surface area contributed by atoms with E-state index in [1.165, 1.54) is 64.8 Å². The summed E-state index contributed by atoms with van der Waals surface area (Å²) >= 11 is 0. The standard InChI is InChI=1S/C22H41N3/c1-7-23-12-19-10-18(23)13-25(19)21(5,6)14-22-9-8-17(11-22)24(16-22)15-20(2,3)4/h17-19H,7-16H2,1-6H3. The summed E-state index contributed by atoms with van der Waals surface area (Å²) < 4.78 is 0. The van der Waals surface area contributed by atoms with Gasteiger partial charge in [-0.15, -0.1) is 0 Å². The van der Waals surface area contributed by atoms with E-state index in [0.29, 0.717) is 16.4 Å². The maximum absolute atomic E-state index is 2.90. The summed E-state index contributed by atoms with van der Waals surface area (Å²) in [6.45, 7) is 21.1. The van der Waals surface area contributed by atoms with Crippen LogP contribution < -0.4 is 0 Å². The molecular formula is C22H41N3. The van der Waals surface area contributed by atoms with Gasteiger partial charge in [0.05, 0.1) is 0 Å². The van der Waals surface area contributed by atoms with Crippen LogP contribution in [0.1, 0.15) is 73.6 Å². The summed E-state index contributed by atoms with van der Waals surface area (Å²) in [6, 6.07) is 2.53. The van der Waals surface area contributed by atoms with E-state index in [-0.39, 0.29) is 0 Å². The maximum atomic E-state index is 2.90. The average molecular weight is 348 g/mol. The largest absolute Gasteiger partial charge is 0.299 e. The highest BCUT2D eigenvalue weighted by atomic mass is 15.4. The molecule has 0 spiro atoms. The van der Waals surface area contributed by atoms with E-state index in [0.717, 1.165) is 18.1 Å². The second-order valence-electron chi connectivity index (χ2n) is 11.6. The summed E-state index contributed by atoms with van der Waals surface area (Å²) in [5.41, 5.74) is 1.40. The molecular weight excluding hydrogens is 306 g/mol. The van der Waals surface area contributed by atoms with Crippen LogP contribution in [0.4, 0.5) is 0 Å². The van der Waals surface area contributed by atoms with Crippen LogP contribution >= 0.6 is 0 Å². The van der Waals surface area contributed by atoms with Crippen LogP contribution in [0.3, 0.4) is 0 Å². The summed E-state index contributed by atoms with van der Waals surface area (Å²) in [4.78, 5) is 8.45. The number of hydrogen-bond acceptors (Lipinski definition) is 3. The molecule has 4 bridgehead atoms. The Labute approximate surface area is 156 Å². The topological polar surface area (TPSA) is 9.72 Å². The molecule has 4 aliphatic rings. The number of piperidine rings is 1. The molecule has 0 N–H and O–H groups in total. The molecule has 3 aliphatic heterocycles. The zero-order valence-corrected chi connectivity index (χ0v) is 17.6. The second kappa shape index (κ2) is 5.94. The highest BCUT2D eigenvalue weighted by molar-refractivity contribution is 5.10. The maximum Gasteiger partial charge on any atom is 0.0244 e. The third-order valence-electron chi connectivity index (χ3n) is 7.75. The van der Waals surface area contributed by atoms with Gasteiger partial charge in [-0.2, -0.15) is 0 Å². The third kappa shape index (κ3) is 3.30. The number of rotatable bonds is 5. The average Bonchev–Trinajstić information content (AvgIpc) is 3.21. The van der Waals surface area contributed by atoms with E-state index >= 15 is 0 Å². The van der Waals surface area contributed by atoms with Crippen molar-refractivity contribution < 1.29 is 0 Å². The van der Waals surface area contributed by atoms with E-state index in [1.54, 1.807) is 0 Å². The van der Waals surface area contributed by atoms with E-state index in [9.17, 15) is 0 Å². The van der Waals surface area contributed by atoms with Crippen molar-refractivity contribution in [2.24, 2.45) is 10.8 Å². The quantitative estimate of drug-likeness (QED) is 0.748. The van der Waals surface area contributed by atoms with Gasteiger partial charge in [0.2, 0.25) is 0 Å². The number of nitrogens with zero attached hydrogens (tertiary/aromatic N) is 3. The van der Waals surface area contributed by atoms with Crippen molar-refractivity contribution in [1.82, 2.24) is 14.7 Å². The molecule has 4 fully saturated rings. The first-order valence-corrected chi connectivity index (χ1v) is 10.9. The fourth-order valence-corrected chi connectivity index (χ4v) is 7.10. The van der Waals surface area contributed by atoms with Gasteiger partial charge in [-0.05, 0) is 63.3 Å². The van der Waals surface area contributed by atoms with Crippen molar-refractivity contribution in [3.05, 3.63) is 0 Å². The molecule has 3 nitrogen and oxygen atoms in total. The van der Waals surface area contributed by atoms with Crippen molar-refractivity contribution in [3.8, 4) is 0 Å². The number of piperazine rings is 1. The van der Waals surface area contributed by atoms with Crippen molar-refractivity contribution in [3.63, 3.8) is 0 Å². The van der Waals surface area contributed by atoms with Gasteiger partial charge in [0.15, 0.2) is 0 Å². The predicted molar refractivity (Wildman–Crippen MR) is 106 cm³/mol. The highest BCUT2D eigenvalue weighted by Crippen LogP contribution is 2.54. The minimum absolute atomic E-state index is 0.367. The molecule has 4 rings (SSSR count). The molecule has 3 heteroatoms. The molecule has 3 saturated heterocycles. The van der Waals surface area contributed by atoms with Gasteiger partial charge in [-0.25, -0.2) is 0 Å². The molecule has 0 aromatic carbocycles. The Morgan fingerprint density at radius 3 is 2.32 bits per heavy atom. The highest BCUT2D eigenvalue weighted by Gasteiger charge is 2.54. The molecule has 144 valence electrons. The lowest BCUT2D eigenvalue weighted by Crippen LogP contribution is -2.56. The van der Waals surface area contributed by atoms with E-state index < -0.39 is 0 Å². The second-order valence-corrected chi connectivity index (χ2v) is 11.6. The molecule has 3 heterocycles. The normalized spacial score (nSPS) is 39.8. The number of likely N-dealkylation sites (tertiary alicyclic amines) is 3. The van der Waals surface area contributed by atoms with Gasteiger partial charge in [0, 0.05) is 49.8 Å². The Morgan fingerprint density at radius 2 is 1.72 bits per heavy atom. The third-order valence-corrected chi connectivity index (χ3v) is 7.75. The molecule has 0 radical (unpaired) electrons. The smallest absolute Gasteiger partial charge is 0.0244 e. The molecule has 1 aliphatic carbocycles. The Balaban J connectivity index is 1.42. The van der Waals surface area contributed by atoms with Crippen LogP contribution in [0.25, 0.3) is 0 Å². The molecule has 25 heavy (non-hydrogen) atoms. The molecule has 4 atom stereocenters. The lowest BCUT2D eigenvalue weighted by molar-refractivity contribution is 0.0118.